The monoisotopic (exact) mass is 263 g/mol. The maximum atomic E-state index is 13.2. The molecule has 0 fully saturated rings. The molecule has 0 radical (unpaired) electrons. The largest absolute Gasteiger partial charge is 0.419 e. The molecule has 0 N–H and O–H groups in total. The molecule has 0 heterocycles. The fourth-order valence-corrected chi connectivity index (χ4v) is 1.39. The van der Waals surface area contributed by atoms with E-state index in [0.717, 1.165) is 6.07 Å². The molecule has 0 spiro atoms. The highest BCUT2D eigenvalue weighted by Gasteiger charge is 2.34. The van der Waals surface area contributed by atoms with Crippen LogP contribution in [0.3, 0.4) is 0 Å². The van der Waals surface area contributed by atoms with E-state index in [2.05, 4.69) is 0 Å². The zero-order chi connectivity index (χ0) is 13.9. The molecule has 0 unspecified atom stereocenters. The summed E-state index contributed by atoms with van der Waals surface area (Å²) in [6.45, 7) is 0.460. The number of carbonyl (C=O) groups is 1. The zero-order valence-corrected chi connectivity index (χ0v) is 10.0. The first-order valence-corrected chi connectivity index (χ1v) is 5.26. The molecule has 0 aliphatic rings. The average molecular weight is 263 g/mol. The van der Waals surface area contributed by atoms with Crippen molar-refractivity contribution in [1.82, 2.24) is 4.90 Å². The van der Waals surface area contributed by atoms with Gasteiger partial charge in [0, 0.05) is 18.5 Å². The number of rotatable bonds is 4. The highest BCUT2D eigenvalue weighted by molar-refractivity contribution is 5.96. The summed E-state index contributed by atoms with van der Waals surface area (Å²) in [5.74, 6) is -1.80. The van der Waals surface area contributed by atoms with E-state index in [1.165, 1.54) is 0 Å². The van der Waals surface area contributed by atoms with Gasteiger partial charge in [-0.1, -0.05) is 6.07 Å². The third kappa shape index (κ3) is 3.80. The van der Waals surface area contributed by atoms with Gasteiger partial charge in [0.15, 0.2) is 5.78 Å². The third-order valence-corrected chi connectivity index (χ3v) is 2.38. The molecule has 100 valence electrons. The first-order chi connectivity index (χ1) is 8.21. The van der Waals surface area contributed by atoms with E-state index in [-0.39, 0.29) is 17.8 Å². The van der Waals surface area contributed by atoms with Crippen molar-refractivity contribution in [3.63, 3.8) is 0 Å². The molecular formula is C12H13F4NO. The average Bonchev–Trinajstić information content (AvgIpc) is 2.23. The van der Waals surface area contributed by atoms with Crippen LogP contribution in [0, 0.1) is 5.82 Å². The second-order valence-electron chi connectivity index (χ2n) is 4.17. The number of benzene rings is 1. The summed E-state index contributed by atoms with van der Waals surface area (Å²) >= 11 is 0. The van der Waals surface area contributed by atoms with Gasteiger partial charge in [0.1, 0.15) is 5.82 Å². The van der Waals surface area contributed by atoms with Crippen molar-refractivity contribution in [2.24, 2.45) is 0 Å². The molecule has 0 saturated carbocycles. The zero-order valence-electron chi connectivity index (χ0n) is 10.0. The van der Waals surface area contributed by atoms with Crippen LogP contribution in [0.1, 0.15) is 22.3 Å². The van der Waals surface area contributed by atoms with E-state index >= 15 is 0 Å². The van der Waals surface area contributed by atoms with E-state index in [0.29, 0.717) is 18.7 Å². The Bertz CT molecular complexity index is 440. The Labute approximate surface area is 102 Å². The summed E-state index contributed by atoms with van der Waals surface area (Å²) in [4.78, 5) is 13.3. The van der Waals surface area contributed by atoms with Crippen molar-refractivity contribution in [3.05, 3.63) is 35.1 Å². The molecule has 1 rings (SSSR count). The fourth-order valence-electron chi connectivity index (χ4n) is 1.39. The highest BCUT2D eigenvalue weighted by Crippen LogP contribution is 2.31. The van der Waals surface area contributed by atoms with Gasteiger partial charge in [0.25, 0.3) is 0 Å². The second-order valence-corrected chi connectivity index (χ2v) is 4.17. The van der Waals surface area contributed by atoms with Gasteiger partial charge in [0.2, 0.25) is 0 Å². The fraction of sp³-hybridized carbons (Fsp3) is 0.417. The van der Waals surface area contributed by atoms with Gasteiger partial charge in [-0.15, -0.1) is 0 Å². The summed E-state index contributed by atoms with van der Waals surface area (Å²) in [6.07, 6.45) is -4.60. The van der Waals surface area contributed by atoms with E-state index in [1.807, 2.05) is 0 Å². The predicted octanol–water partition coefficient (Wildman–Crippen LogP) is 2.98. The quantitative estimate of drug-likeness (QED) is 0.615. The summed E-state index contributed by atoms with van der Waals surface area (Å²) in [7, 11) is 3.53. The molecular weight excluding hydrogens is 250 g/mol. The molecule has 0 aromatic heterocycles. The SMILES string of the molecule is CN(C)CCC(=O)c1ccc(C(F)(F)F)c(F)c1. The topological polar surface area (TPSA) is 20.3 Å². The van der Waals surface area contributed by atoms with Gasteiger partial charge in [-0.05, 0) is 26.2 Å². The van der Waals surface area contributed by atoms with E-state index in [9.17, 15) is 22.4 Å². The van der Waals surface area contributed by atoms with Gasteiger partial charge in [0.05, 0.1) is 5.56 Å². The Kier molecular flexibility index (Phi) is 4.45. The molecule has 1 aromatic carbocycles. The number of ketones is 1. The van der Waals surface area contributed by atoms with Crippen molar-refractivity contribution >= 4 is 5.78 Å². The molecule has 18 heavy (non-hydrogen) atoms. The van der Waals surface area contributed by atoms with Crippen LogP contribution in [0.15, 0.2) is 18.2 Å². The summed E-state index contributed by atoms with van der Waals surface area (Å²) in [6, 6.07) is 2.24. The van der Waals surface area contributed by atoms with Crippen LogP contribution in [-0.2, 0) is 6.18 Å². The molecule has 0 atom stereocenters. The van der Waals surface area contributed by atoms with Crippen molar-refractivity contribution in [1.29, 1.82) is 0 Å². The predicted molar refractivity (Wildman–Crippen MR) is 58.9 cm³/mol. The number of hydrogen-bond acceptors (Lipinski definition) is 2. The summed E-state index contributed by atoms with van der Waals surface area (Å²) in [5, 5.41) is 0. The number of halogens is 4. The van der Waals surface area contributed by atoms with Gasteiger partial charge in [-0.3, -0.25) is 4.79 Å². The molecule has 0 bridgehead atoms. The lowest BCUT2D eigenvalue weighted by molar-refractivity contribution is -0.140. The molecule has 6 heteroatoms. The van der Waals surface area contributed by atoms with Crippen LogP contribution in [-0.4, -0.2) is 31.3 Å². The van der Waals surface area contributed by atoms with Crippen LogP contribution in [0.25, 0.3) is 0 Å². The van der Waals surface area contributed by atoms with Crippen LogP contribution < -0.4 is 0 Å². The minimum atomic E-state index is -4.74. The smallest absolute Gasteiger partial charge is 0.309 e. The summed E-state index contributed by atoms with van der Waals surface area (Å²) in [5.41, 5.74) is -1.39. The highest BCUT2D eigenvalue weighted by atomic mass is 19.4. The second kappa shape index (κ2) is 5.48. The standard InChI is InChI=1S/C12H13F4NO/c1-17(2)6-5-11(18)8-3-4-9(10(13)7-8)12(14,15)16/h3-4,7H,5-6H2,1-2H3. The third-order valence-electron chi connectivity index (χ3n) is 2.38. The van der Waals surface area contributed by atoms with Gasteiger partial charge >= 0.3 is 6.18 Å². The number of hydrogen-bond donors (Lipinski definition) is 0. The number of nitrogens with zero attached hydrogens (tertiary/aromatic N) is 1. The lowest BCUT2D eigenvalue weighted by atomic mass is 10.1. The Morgan fingerprint density at radius 3 is 2.33 bits per heavy atom. The first kappa shape index (κ1) is 14.6. The maximum Gasteiger partial charge on any atom is 0.419 e. The Morgan fingerprint density at radius 1 is 1.28 bits per heavy atom. The van der Waals surface area contributed by atoms with Crippen molar-refractivity contribution < 1.29 is 22.4 Å². The molecule has 1 aromatic rings. The summed E-state index contributed by atoms with van der Waals surface area (Å²) < 4.78 is 50.1. The Balaban J connectivity index is 2.88. The van der Waals surface area contributed by atoms with Crippen LogP contribution >= 0.6 is 0 Å². The van der Waals surface area contributed by atoms with Crippen molar-refractivity contribution in [2.45, 2.75) is 12.6 Å². The lowest BCUT2D eigenvalue weighted by Crippen LogP contribution is -2.17. The normalized spacial score (nSPS) is 11.9. The molecule has 0 amide bonds. The molecule has 2 nitrogen and oxygen atoms in total. The van der Waals surface area contributed by atoms with E-state index in [1.54, 1.807) is 19.0 Å². The lowest BCUT2D eigenvalue weighted by Gasteiger charge is -2.10. The minimum absolute atomic E-state index is 0.0395. The first-order valence-electron chi connectivity index (χ1n) is 5.26. The van der Waals surface area contributed by atoms with Gasteiger partial charge < -0.3 is 4.90 Å². The van der Waals surface area contributed by atoms with Crippen LogP contribution in [0.5, 0.6) is 0 Å². The molecule has 0 saturated heterocycles. The number of alkyl halides is 3. The van der Waals surface area contributed by atoms with Crippen LogP contribution in [0.4, 0.5) is 17.6 Å². The molecule has 0 aliphatic carbocycles. The van der Waals surface area contributed by atoms with E-state index < -0.39 is 17.6 Å². The molecule has 0 aliphatic heterocycles. The van der Waals surface area contributed by atoms with E-state index in [4.69, 9.17) is 0 Å². The van der Waals surface area contributed by atoms with Gasteiger partial charge in [-0.2, -0.15) is 13.2 Å². The number of Topliss-reactive ketones (excluding diaryl/α,β-unsaturated/α-hetero) is 1. The van der Waals surface area contributed by atoms with Crippen molar-refractivity contribution in [3.8, 4) is 0 Å². The number of carbonyl (C=O) groups excluding carboxylic acids is 1. The van der Waals surface area contributed by atoms with Gasteiger partial charge in [-0.25, -0.2) is 4.39 Å². The Hall–Kier alpha value is -1.43. The maximum absolute atomic E-state index is 13.2. The Morgan fingerprint density at radius 2 is 1.89 bits per heavy atom. The van der Waals surface area contributed by atoms with Crippen molar-refractivity contribution in [2.75, 3.05) is 20.6 Å². The van der Waals surface area contributed by atoms with Crippen LogP contribution in [0.2, 0.25) is 0 Å². The minimum Gasteiger partial charge on any atom is -0.309 e.